The summed E-state index contributed by atoms with van der Waals surface area (Å²) in [7, 11) is 1.66. The highest BCUT2D eigenvalue weighted by Gasteiger charge is 2.39. The van der Waals surface area contributed by atoms with Gasteiger partial charge in [-0.25, -0.2) is 0 Å². The lowest BCUT2D eigenvalue weighted by atomic mass is 10.1. The van der Waals surface area contributed by atoms with Gasteiger partial charge in [0.05, 0.1) is 0 Å². The molecule has 0 saturated carbocycles. The molecule has 2 fully saturated rings. The Bertz CT molecular complexity index is 189. The third-order valence-corrected chi connectivity index (χ3v) is 9.80. The van der Waals surface area contributed by atoms with Crippen molar-refractivity contribution in [3.8, 4) is 0 Å². The Morgan fingerprint density at radius 2 is 1.93 bits per heavy atom. The SMILES string of the molecule is CC(C)(C)[P@@]1CCC[C@@H]1[C@H]1CCCP1. The summed E-state index contributed by atoms with van der Waals surface area (Å²) in [6, 6.07) is 0. The molecule has 4 atom stereocenters. The summed E-state index contributed by atoms with van der Waals surface area (Å²) < 4.78 is 0. The second-order valence-corrected chi connectivity index (χ2v) is 10.8. The Hall–Kier alpha value is 0.860. The summed E-state index contributed by atoms with van der Waals surface area (Å²) in [4.78, 5) is 0. The summed E-state index contributed by atoms with van der Waals surface area (Å²) in [6.45, 7) is 7.44. The van der Waals surface area contributed by atoms with E-state index in [1.807, 2.05) is 0 Å². The van der Waals surface area contributed by atoms with E-state index in [2.05, 4.69) is 20.8 Å². The molecule has 0 spiro atoms. The highest BCUT2D eigenvalue weighted by molar-refractivity contribution is 7.61. The third-order valence-electron chi connectivity index (χ3n) is 3.72. The molecule has 2 rings (SSSR count). The smallest absolute Gasteiger partial charge is 0.0139 e. The fraction of sp³-hybridized carbons (Fsp3) is 1.00. The number of rotatable bonds is 1. The Morgan fingerprint density at radius 3 is 2.50 bits per heavy atom. The molecule has 0 N–H and O–H groups in total. The fourth-order valence-corrected chi connectivity index (χ4v) is 9.16. The Morgan fingerprint density at radius 1 is 1.14 bits per heavy atom. The van der Waals surface area contributed by atoms with Gasteiger partial charge in [0, 0.05) is 0 Å². The van der Waals surface area contributed by atoms with Gasteiger partial charge in [0.15, 0.2) is 0 Å². The predicted octanol–water partition coefficient (Wildman–Crippen LogP) is 4.27. The molecule has 0 aromatic heterocycles. The molecule has 2 saturated heterocycles. The van der Waals surface area contributed by atoms with Gasteiger partial charge in [0.2, 0.25) is 0 Å². The molecule has 0 aromatic rings. The van der Waals surface area contributed by atoms with Crippen molar-refractivity contribution in [1.82, 2.24) is 0 Å². The van der Waals surface area contributed by atoms with Crippen LogP contribution in [0.25, 0.3) is 0 Å². The van der Waals surface area contributed by atoms with E-state index < -0.39 is 0 Å². The first kappa shape index (κ1) is 11.3. The van der Waals surface area contributed by atoms with E-state index in [0.29, 0.717) is 13.1 Å². The van der Waals surface area contributed by atoms with Crippen LogP contribution < -0.4 is 0 Å². The van der Waals surface area contributed by atoms with Crippen LogP contribution in [0.5, 0.6) is 0 Å². The van der Waals surface area contributed by atoms with Crippen molar-refractivity contribution < 1.29 is 0 Å². The molecule has 0 aromatic carbocycles. The van der Waals surface area contributed by atoms with Gasteiger partial charge < -0.3 is 0 Å². The van der Waals surface area contributed by atoms with Gasteiger partial charge in [-0.3, -0.25) is 0 Å². The summed E-state index contributed by atoms with van der Waals surface area (Å²) in [5, 5.41) is 0.629. The van der Waals surface area contributed by atoms with Gasteiger partial charge in [-0.15, -0.1) is 8.58 Å². The molecule has 2 heteroatoms. The van der Waals surface area contributed by atoms with Crippen LogP contribution >= 0.6 is 16.5 Å². The highest BCUT2D eigenvalue weighted by Crippen LogP contribution is 2.63. The third kappa shape index (κ3) is 2.33. The maximum atomic E-state index is 2.48. The van der Waals surface area contributed by atoms with Crippen molar-refractivity contribution in [3.05, 3.63) is 0 Å². The zero-order valence-electron chi connectivity index (χ0n) is 9.84. The van der Waals surface area contributed by atoms with E-state index in [0.717, 1.165) is 11.3 Å². The van der Waals surface area contributed by atoms with Crippen molar-refractivity contribution in [2.45, 2.75) is 62.9 Å². The summed E-state index contributed by atoms with van der Waals surface area (Å²) in [5.74, 6) is 0. The summed E-state index contributed by atoms with van der Waals surface area (Å²) in [6.07, 6.45) is 9.33. The Kier molecular flexibility index (Phi) is 3.56. The molecule has 2 aliphatic heterocycles. The molecule has 0 aliphatic carbocycles. The molecular weight excluding hydrogens is 206 g/mol. The van der Waals surface area contributed by atoms with E-state index in [4.69, 9.17) is 0 Å². The lowest BCUT2D eigenvalue weighted by Crippen LogP contribution is -2.23. The maximum Gasteiger partial charge on any atom is -0.0139 e. The van der Waals surface area contributed by atoms with Crippen LogP contribution in [-0.2, 0) is 0 Å². The largest absolute Gasteiger partial charge is 0.118 e. The van der Waals surface area contributed by atoms with Crippen LogP contribution in [0.2, 0.25) is 0 Å². The minimum atomic E-state index is 0.346. The van der Waals surface area contributed by atoms with Crippen LogP contribution in [0, 0.1) is 0 Å². The van der Waals surface area contributed by atoms with Crippen LogP contribution in [0.1, 0.15) is 46.5 Å². The second-order valence-electron chi connectivity index (χ2n) is 5.78. The van der Waals surface area contributed by atoms with Crippen molar-refractivity contribution in [2.75, 3.05) is 12.3 Å². The molecule has 2 aliphatic rings. The molecular formula is C12H24P2. The maximum absolute atomic E-state index is 2.48. The molecule has 82 valence electrons. The monoisotopic (exact) mass is 230 g/mol. The summed E-state index contributed by atoms with van der Waals surface area (Å²) >= 11 is 0. The molecule has 0 radical (unpaired) electrons. The first-order valence-corrected chi connectivity index (χ1v) is 8.97. The average Bonchev–Trinajstić information content (AvgIpc) is 2.73. The zero-order valence-corrected chi connectivity index (χ0v) is 11.7. The minimum Gasteiger partial charge on any atom is -0.118 e. The van der Waals surface area contributed by atoms with Crippen molar-refractivity contribution in [1.29, 1.82) is 0 Å². The Labute approximate surface area is 92.2 Å². The molecule has 0 amide bonds. The van der Waals surface area contributed by atoms with E-state index in [1.165, 1.54) is 21.4 Å². The molecule has 0 nitrogen and oxygen atoms in total. The van der Waals surface area contributed by atoms with Crippen LogP contribution in [-0.4, -0.2) is 28.8 Å². The number of hydrogen-bond acceptors (Lipinski definition) is 0. The average molecular weight is 230 g/mol. The lowest BCUT2D eigenvalue weighted by molar-refractivity contribution is 0.684. The molecule has 2 heterocycles. The lowest BCUT2D eigenvalue weighted by Gasteiger charge is -2.36. The second kappa shape index (κ2) is 4.39. The van der Waals surface area contributed by atoms with Crippen LogP contribution in [0.15, 0.2) is 0 Å². The van der Waals surface area contributed by atoms with Crippen molar-refractivity contribution in [2.24, 2.45) is 0 Å². The quantitative estimate of drug-likeness (QED) is 0.590. The number of hydrogen-bond donors (Lipinski definition) is 0. The van der Waals surface area contributed by atoms with E-state index in [9.17, 15) is 0 Å². The molecule has 14 heavy (non-hydrogen) atoms. The summed E-state index contributed by atoms with van der Waals surface area (Å²) in [5.41, 5.74) is 2.31. The first-order valence-electron chi connectivity index (χ1n) is 6.09. The minimum absolute atomic E-state index is 0.346. The van der Waals surface area contributed by atoms with Crippen LogP contribution in [0.3, 0.4) is 0 Å². The fourth-order valence-electron chi connectivity index (χ4n) is 3.08. The Balaban J connectivity index is 2.02. The standard InChI is InChI=1S/C12H24P2/c1-12(2,3)14-9-5-7-11(14)10-6-4-8-13-10/h10-11,13H,4-9H2,1-3H3/t10-,11-,14+/m1/s1. The molecule has 0 bridgehead atoms. The first-order chi connectivity index (χ1) is 6.59. The van der Waals surface area contributed by atoms with Gasteiger partial charge in [-0.2, -0.15) is 0 Å². The van der Waals surface area contributed by atoms with Gasteiger partial charge in [0.1, 0.15) is 0 Å². The van der Waals surface area contributed by atoms with Gasteiger partial charge in [-0.05, 0) is 54.5 Å². The molecule has 1 unspecified atom stereocenters. The topological polar surface area (TPSA) is 0 Å². The van der Waals surface area contributed by atoms with Crippen LogP contribution in [0.4, 0.5) is 0 Å². The normalized spacial score (nSPS) is 40.9. The predicted molar refractivity (Wildman–Crippen MR) is 70.8 cm³/mol. The van der Waals surface area contributed by atoms with Crippen molar-refractivity contribution >= 4 is 16.5 Å². The van der Waals surface area contributed by atoms with Gasteiger partial charge >= 0.3 is 0 Å². The van der Waals surface area contributed by atoms with E-state index in [1.54, 1.807) is 25.2 Å². The highest BCUT2D eigenvalue weighted by atomic mass is 31.1. The van der Waals surface area contributed by atoms with E-state index in [-0.39, 0.29) is 0 Å². The van der Waals surface area contributed by atoms with Gasteiger partial charge in [-0.1, -0.05) is 28.7 Å². The van der Waals surface area contributed by atoms with E-state index >= 15 is 0 Å². The van der Waals surface area contributed by atoms with Crippen molar-refractivity contribution in [3.63, 3.8) is 0 Å². The zero-order chi connectivity index (χ0) is 10.2. The van der Waals surface area contributed by atoms with Gasteiger partial charge in [0.25, 0.3) is 0 Å².